The van der Waals surface area contributed by atoms with Crippen LogP contribution in [0.1, 0.15) is 49.1 Å². The zero-order valence-electron chi connectivity index (χ0n) is 18.1. The van der Waals surface area contributed by atoms with Gasteiger partial charge >= 0.3 is 0 Å². The van der Waals surface area contributed by atoms with E-state index in [-0.39, 0.29) is 30.6 Å². The Kier molecular flexibility index (Phi) is 7.64. The van der Waals surface area contributed by atoms with Gasteiger partial charge in [0.25, 0.3) is 0 Å². The Morgan fingerprint density at radius 2 is 1.88 bits per heavy atom. The quantitative estimate of drug-likeness (QED) is 0.446. The second kappa shape index (κ2) is 10.1. The van der Waals surface area contributed by atoms with Crippen LogP contribution in [0.15, 0.2) is 30.5 Å². The molecule has 1 aliphatic rings. The van der Waals surface area contributed by atoms with Gasteiger partial charge in [-0.1, -0.05) is 13.3 Å². The molecule has 4 heterocycles. The largest absolute Gasteiger partial charge is 0.317 e. The monoisotopic (exact) mass is 476 g/mol. The molecule has 1 aliphatic heterocycles. The molecule has 32 heavy (non-hydrogen) atoms. The van der Waals surface area contributed by atoms with Crippen molar-refractivity contribution in [2.45, 2.75) is 45.4 Å². The Hall–Kier alpha value is -2.35. The van der Waals surface area contributed by atoms with Crippen molar-refractivity contribution in [1.82, 2.24) is 30.1 Å². The third-order valence-corrected chi connectivity index (χ3v) is 5.87. The summed E-state index contributed by atoms with van der Waals surface area (Å²) < 4.78 is 16.9. The summed E-state index contributed by atoms with van der Waals surface area (Å²) in [4.78, 5) is 4.59. The highest BCUT2D eigenvalue weighted by molar-refractivity contribution is 5.86. The van der Waals surface area contributed by atoms with Gasteiger partial charge in [0.15, 0.2) is 5.65 Å². The van der Waals surface area contributed by atoms with Gasteiger partial charge in [-0.2, -0.15) is 15.3 Å². The van der Waals surface area contributed by atoms with Gasteiger partial charge in [0, 0.05) is 16.9 Å². The first-order valence-corrected chi connectivity index (χ1v) is 10.7. The molecule has 0 saturated carbocycles. The zero-order valence-corrected chi connectivity index (χ0v) is 19.8. The lowest BCUT2D eigenvalue weighted by Gasteiger charge is -2.21. The molecule has 0 spiro atoms. The van der Waals surface area contributed by atoms with Gasteiger partial charge in [0.1, 0.15) is 5.82 Å². The van der Waals surface area contributed by atoms with Crippen molar-refractivity contribution in [2.24, 2.45) is 0 Å². The van der Waals surface area contributed by atoms with Crippen LogP contribution in [0.2, 0.25) is 0 Å². The molecule has 0 bridgehead atoms. The minimum atomic E-state index is -0.284. The number of piperidine rings is 1. The van der Waals surface area contributed by atoms with Gasteiger partial charge in [-0.15, -0.1) is 24.8 Å². The molecule has 0 unspecified atom stereocenters. The summed E-state index contributed by atoms with van der Waals surface area (Å²) in [5.41, 5.74) is 5.76. The third kappa shape index (κ3) is 4.56. The third-order valence-electron chi connectivity index (χ3n) is 5.87. The number of aromatic nitrogens is 5. The number of nitrogens with one attached hydrogen (secondary N) is 1. The molecule has 6 nitrogen and oxygen atoms in total. The minimum absolute atomic E-state index is 0. The first-order chi connectivity index (χ1) is 14.6. The number of benzene rings is 1. The highest BCUT2D eigenvalue weighted by Crippen LogP contribution is 2.30. The Morgan fingerprint density at radius 3 is 2.62 bits per heavy atom. The van der Waals surface area contributed by atoms with E-state index in [1.54, 1.807) is 10.6 Å². The van der Waals surface area contributed by atoms with Gasteiger partial charge in [0.05, 0.1) is 28.8 Å². The lowest BCUT2D eigenvalue weighted by molar-refractivity contribution is 0.451. The van der Waals surface area contributed by atoms with Gasteiger partial charge in [-0.3, -0.25) is 0 Å². The topological polar surface area (TPSA) is 68.0 Å². The first kappa shape index (κ1) is 24.3. The van der Waals surface area contributed by atoms with Crippen LogP contribution in [0, 0.1) is 12.7 Å². The van der Waals surface area contributed by atoms with Gasteiger partial charge in [-0.05, 0) is 69.1 Å². The fraction of sp³-hybridized carbons (Fsp3) is 0.391. The standard InChI is InChI=1S/C23H25FN6.2ClH/c1-3-4-16-10-21(29-30-13-14(2)26-23(16)30)17-9-19(24)18-12-20(27-28-22(18)11-17)15-5-7-25-8-6-15;;/h9-13,15,25H,3-8H2,1-2H3;2*1H. The first-order valence-electron chi connectivity index (χ1n) is 10.7. The predicted octanol–water partition coefficient (Wildman–Crippen LogP) is 5.05. The molecular weight excluding hydrogens is 450 g/mol. The zero-order chi connectivity index (χ0) is 20.7. The average molecular weight is 477 g/mol. The van der Waals surface area contributed by atoms with Crippen molar-refractivity contribution in [1.29, 1.82) is 0 Å². The highest BCUT2D eigenvalue weighted by atomic mass is 35.5. The van der Waals surface area contributed by atoms with E-state index >= 15 is 4.39 Å². The molecule has 0 amide bonds. The van der Waals surface area contributed by atoms with E-state index < -0.39 is 0 Å². The molecular formula is C23H27Cl2FN6. The van der Waals surface area contributed by atoms with Gasteiger partial charge in [-0.25, -0.2) is 13.9 Å². The van der Waals surface area contributed by atoms with E-state index in [1.165, 1.54) is 0 Å². The smallest absolute Gasteiger partial charge is 0.156 e. The Morgan fingerprint density at radius 1 is 1.09 bits per heavy atom. The number of nitrogens with zero attached hydrogens (tertiary/aromatic N) is 5. The van der Waals surface area contributed by atoms with Crippen molar-refractivity contribution < 1.29 is 4.39 Å². The summed E-state index contributed by atoms with van der Waals surface area (Å²) >= 11 is 0. The normalized spacial score (nSPS) is 14.3. The Balaban J connectivity index is 0.00000144. The number of fused-ring (bicyclic) bond motifs is 2. The van der Waals surface area contributed by atoms with Crippen LogP contribution in [0.25, 0.3) is 27.8 Å². The second-order valence-electron chi connectivity index (χ2n) is 8.14. The molecule has 9 heteroatoms. The number of hydrogen-bond donors (Lipinski definition) is 1. The summed E-state index contributed by atoms with van der Waals surface area (Å²) in [5.74, 6) is 0.0562. The van der Waals surface area contributed by atoms with Crippen molar-refractivity contribution in [2.75, 3.05) is 13.1 Å². The molecule has 4 aromatic rings. The molecule has 5 rings (SSSR count). The number of imidazole rings is 1. The van der Waals surface area contributed by atoms with Gasteiger partial charge < -0.3 is 5.32 Å². The SMILES string of the molecule is CCCc1cc(-c2cc(F)c3cc(C4CCNCC4)nnc3c2)nn2cc(C)nc12.Cl.Cl. The minimum Gasteiger partial charge on any atom is -0.317 e. The summed E-state index contributed by atoms with van der Waals surface area (Å²) in [6.45, 7) is 6.02. The maximum atomic E-state index is 15.1. The van der Waals surface area contributed by atoms with E-state index in [0.29, 0.717) is 28.1 Å². The van der Waals surface area contributed by atoms with E-state index in [1.807, 2.05) is 31.3 Å². The van der Waals surface area contributed by atoms with Crippen LogP contribution in [-0.2, 0) is 6.42 Å². The number of halogens is 3. The molecule has 0 radical (unpaired) electrons. The molecule has 1 aromatic carbocycles. The van der Waals surface area contributed by atoms with Gasteiger partial charge in [0.2, 0.25) is 0 Å². The average Bonchev–Trinajstić information content (AvgIpc) is 3.15. The molecule has 1 saturated heterocycles. The lowest BCUT2D eigenvalue weighted by Crippen LogP contribution is -2.27. The molecule has 0 aliphatic carbocycles. The number of hydrogen-bond acceptors (Lipinski definition) is 5. The van der Waals surface area contributed by atoms with Crippen molar-refractivity contribution >= 4 is 41.4 Å². The molecule has 1 N–H and O–H groups in total. The number of aryl methyl sites for hydroxylation is 2. The molecule has 0 atom stereocenters. The van der Waals surface area contributed by atoms with Crippen molar-refractivity contribution in [3.05, 3.63) is 53.2 Å². The molecule has 1 fully saturated rings. The van der Waals surface area contributed by atoms with Crippen molar-refractivity contribution in [3.63, 3.8) is 0 Å². The fourth-order valence-corrected chi connectivity index (χ4v) is 4.33. The second-order valence-corrected chi connectivity index (χ2v) is 8.14. The van der Waals surface area contributed by atoms with Crippen molar-refractivity contribution in [3.8, 4) is 11.3 Å². The Bertz CT molecular complexity index is 1240. The van der Waals surface area contributed by atoms with Crippen LogP contribution in [0.4, 0.5) is 4.39 Å². The molecule has 170 valence electrons. The predicted molar refractivity (Wildman–Crippen MR) is 130 cm³/mol. The lowest BCUT2D eigenvalue weighted by atomic mass is 9.93. The van der Waals surface area contributed by atoms with Crippen LogP contribution in [-0.4, -0.2) is 37.9 Å². The van der Waals surface area contributed by atoms with Crippen LogP contribution >= 0.6 is 24.8 Å². The summed E-state index contributed by atoms with van der Waals surface area (Å²) in [5, 5.41) is 17.4. The van der Waals surface area contributed by atoms with E-state index in [0.717, 1.165) is 61.4 Å². The van der Waals surface area contributed by atoms with E-state index in [2.05, 4.69) is 32.5 Å². The molecule has 3 aromatic heterocycles. The Labute approximate surface area is 198 Å². The summed E-state index contributed by atoms with van der Waals surface area (Å²) in [7, 11) is 0. The van der Waals surface area contributed by atoms with Crippen LogP contribution in [0.5, 0.6) is 0 Å². The fourth-order valence-electron chi connectivity index (χ4n) is 4.33. The number of rotatable bonds is 4. The van der Waals surface area contributed by atoms with E-state index in [4.69, 9.17) is 0 Å². The van der Waals surface area contributed by atoms with E-state index in [9.17, 15) is 0 Å². The summed E-state index contributed by atoms with van der Waals surface area (Å²) in [6, 6.07) is 7.33. The van der Waals surface area contributed by atoms with Crippen LogP contribution in [0.3, 0.4) is 0 Å². The van der Waals surface area contributed by atoms with Crippen LogP contribution < -0.4 is 5.32 Å². The summed E-state index contributed by atoms with van der Waals surface area (Å²) in [6.07, 6.45) is 5.82. The highest BCUT2D eigenvalue weighted by Gasteiger charge is 2.19. The maximum absolute atomic E-state index is 15.1. The maximum Gasteiger partial charge on any atom is 0.156 e.